The average molecular weight is 593 g/mol. The summed E-state index contributed by atoms with van der Waals surface area (Å²) in [5.41, 5.74) is 7.36. The molecule has 0 aliphatic carbocycles. The number of aromatic nitrogens is 1. The van der Waals surface area contributed by atoms with Crippen molar-refractivity contribution in [3.05, 3.63) is 71.4 Å². The van der Waals surface area contributed by atoms with Crippen LogP contribution in [0.5, 0.6) is 0 Å². The summed E-state index contributed by atoms with van der Waals surface area (Å²) in [5, 5.41) is 8.42. The van der Waals surface area contributed by atoms with Gasteiger partial charge in [0.15, 0.2) is 0 Å². The molecule has 1 aliphatic heterocycles. The van der Waals surface area contributed by atoms with E-state index in [2.05, 4.69) is 125 Å². The number of hydrogen-bond acceptors (Lipinski definition) is 1. The molecule has 0 bridgehead atoms. The van der Waals surface area contributed by atoms with Crippen LogP contribution >= 0.6 is 11.8 Å². The molecule has 0 saturated heterocycles. The second-order valence-electron chi connectivity index (χ2n) is 14.2. The Labute approximate surface area is 241 Å². The van der Waals surface area contributed by atoms with Crippen molar-refractivity contribution in [3.8, 4) is 11.3 Å². The third kappa shape index (κ3) is 4.43. The van der Waals surface area contributed by atoms with Gasteiger partial charge in [0.25, 0.3) is 0 Å². The predicted molar refractivity (Wildman–Crippen MR) is 175 cm³/mol. The number of aryl methyl sites for hydroxylation is 2. The van der Waals surface area contributed by atoms with E-state index in [4.69, 9.17) is 0 Å². The van der Waals surface area contributed by atoms with E-state index in [0.717, 1.165) is 6.42 Å². The molecule has 2 heterocycles. The summed E-state index contributed by atoms with van der Waals surface area (Å²) < 4.78 is 3.95. The van der Waals surface area contributed by atoms with Crippen molar-refractivity contribution in [1.82, 2.24) is 0 Å². The van der Waals surface area contributed by atoms with Crippen LogP contribution in [0, 0.1) is 12.3 Å². The van der Waals surface area contributed by atoms with E-state index in [-0.39, 0.29) is 5.41 Å². The van der Waals surface area contributed by atoms with E-state index in [1.54, 1.807) is 4.40 Å². The van der Waals surface area contributed by atoms with Gasteiger partial charge in [-0.3, -0.25) is 0 Å². The van der Waals surface area contributed by atoms with Gasteiger partial charge in [0.2, 0.25) is 0 Å². The molecule has 4 aromatic carbocycles. The molecule has 6 rings (SSSR count). The van der Waals surface area contributed by atoms with Crippen LogP contribution in [0.1, 0.15) is 57.2 Å². The molecular weight excluding hydrogens is 551 g/mol. The van der Waals surface area contributed by atoms with E-state index >= 15 is 0 Å². The summed E-state index contributed by atoms with van der Waals surface area (Å²) in [6.07, 6.45) is 3.35. The van der Waals surface area contributed by atoms with Crippen LogP contribution in [0.15, 0.2) is 64.5 Å². The van der Waals surface area contributed by atoms with Gasteiger partial charge < -0.3 is 0 Å². The first kappa shape index (κ1) is 26.9. The van der Waals surface area contributed by atoms with Crippen molar-refractivity contribution >= 4 is 61.7 Å². The van der Waals surface area contributed by atoms with Crippen LogP contribution in [0.3, 0.4) is 0 Å². The van der Waals surface area contributed by atoms with Crippen molar-refractivity contribution in [2.45, 2.75) is 80.9 Å². The second-order valence-corrected chi connectivity index (χ2v) is 25.9. The number of rotatable bonds is 3. The first-order valence-corrected chi connectivity index (χ1v) is 22.6. The summed E-state index contributed by atoms with van der Waals surface area (Å²) in [4.78, 5) is 2.87. The Hall–Kier alpha value is -2.30. The molecule has 1 nitrogen and oxygen atoms in total. The molecule has 0 N–H and O–H groups in total. The minimum absolute atomic E-state index is 0.193. The summed E-state index contributed by atoms with van der Waals surface area (Å²) in [6.45, 7) is 14.1. The topological polar surface area (TPSA) is 3.88 Å². The van der Waals surface area contributed by atoms with Crippen LogP contribution in [0.2, 0.25) is 17.3 Å². The quantitative estimate of drug-likeness (QED) is 0.112. The van der Waals surface area contributed by atoms with Gasteiger partial charge in [-0.1, -0.05) is 13.8 Å². The predicted octanol–water partition coefficient (Wildman–Crippen LogP) is 9.67. The van der Waals surface area contributed by atoms with E-state index in [1.807, 2.05) is 11.8 Å². The fourth-order valence-corrected chi connectivity index (χ4v) is 10.2. The average Bonchev–Trinajstić information content (AvgIpc) is 2.85. The van der Waals surface area contributed by atoms with Gasteiger partial charge in [-0.25, -0.2) is 0 Å². The Bertz CT molecular complexity index is 1820. The first-order valence-electron chi connectivity index (χ1n) is 14.4. The van der Waals surface area contributed by atoms with E-state index in [0.29, 0.717) is 5.92 Å². The number of benzene rings is 4. The fraction of sp³-hybridized carbons (Fsp3) is 0.361. The van der Waals surface area contributed by atoms with Crippen LogP contribution in [0.4, 0.5) is 0 Å². The standard InChI is InChI=1S/C36H42GeNS/c1-21(2)23-11-13-27-29(18-23)22(3)32-34-33-28(15-16-38(34)10)26-14-12-25(37(7,8)9)17-24(26)19-31(33)39-35(32)30(27)20-36(4,5)6/h11-19,21H,20H2,1-10H3/q+1. The molecule has 1 aromatic heterocycles. The SMILES string of the molecule is Cc1c2c(c(CC(C)(C)C)c3ccc(C(C)C)cc13)Sc1cc3c[c]([Ge]([CH3])([CH3])[CH3])ccc3c3cc[n+](C)c-2c13. The van der Waals surface area contributed by atoms with Crippen LogP contribution in [0.25, 0.3) is 43.6 Å². The molecule has 0 unspecified atom stereocenters. The van der Waals surface area contributed by atoms with E-state index in [9.17, 15) is 0 Å². The monoisotopic (exact) mass is 594 g/mol. The maximum absolute atomic E-state index is 2.50. The molecule has 200 valence electrons. The van der Waals surface area contributed by atoms with Crippen LogP contribution in [-0.4, -0.2) is 13.3 Å². The van der Waals surface area contributed by atoms with Gasteiger partial charge in [0.05, 0.1) is 0 Å². The fourth-order valence-electron chi connectivity index (χ4n) is 6.40. The van der Waals surface area contributed by atoms with Crippen LogP contribution in [-0.2, 0) is 13.5 Å². The normalized spacial score (nSPS) is 13.6. The molecule has 3 heteroatoms. The van der Waals surface area contributed by atoms with Crippen molar-refractivity contribution in [1.29, 1.82) is 0 Å². The van der Waals surface area contributed by atoms with Gasteiger partial charge in [0, 0.05) is 0 Å². The molecule has 0 radical (unpaired) electrons. The van der Waals surface area contributed by atoms with Gasteiger partial charge >= 0.3 is 223 Å². The Morgan fingerprint density at radius 2 is 1.59 bits per heavy atom. The molecule has 1 aliphatic rings. The second kappa shape index (κ2) is 9.11. The molecular formula is C36H42GeNS+. The summed E-state index contributed by atoms with van der Waals surface area (Å²) in [6, 6.07) is 19.4. The number of pyridine rings is 1. The van der Waals surface area contributed by atoms with Gasteiger partial charge in [0.1, 0.15) is 0 Å². The third-order valence-corrected chi connectivity index (χ3v) is 14.0. The van der Waals surface area contributed by atoms with Gasteiger partial charge in [-0.05, 0) is 5.92 Å². The first-order chi connectivity index (χ1) is 18.2. The zero-order valence-electron chi connectivity index (χ0n) is 25.3. The Morgan fingerprint density at radius 3 is 2.26 bits per heavy atom. The molecule has 0 saturated carbocycles. The van der Waals surface area contributed by atoms with Gasteiger partial charge in [-0.15, -0.1) is 0 Å². The van der Waals surface area contributed by atoms with E-state index < -0.39 is 13.3 Å². The van der Waals surface area contributed by atoms with E-state index in [1.165, 1.54) is 70.1 Å². The Balaban J connectivity index is 1.76. The van der Waals surface area contributed by atoms with Gasteiger partial charge in [-0.2, -0.15) is 0 Å². The molecule has 0 fully saturated rings. The Kier molecular flexibility index (Phi) is 6.28. The molecule has 5 aromatic rings. The summed E-state index contributed by atoms with van der Waals surface area (Å²) in [7, 11) is 2.23. The van der Waals surface area contributed by atoms with Crippen LogP contribution < -0.4 is 8.96 Å². The number of nitrogens with zero attached hydrogens (tertiary/aromatic N) is 1. The summed E-state index contributed by atoms with van der Waals surface area (Å²) >= 11 is 0.0781. The van der Waals surface area contributed by atoms with Crippen molar-refractivity contribution in [2.75, 3.05) is 0 Å². The van der Waals surface area contributed by atoms with Crippen molar-refractivity contribution in [3.63, 3.8) is 0 Å². The third-order valence-electron chi connectivity index (χ3n) is 8.54. The molecule has 39 heavy (non-hydrogen) atoms. The number of fused-ring (bicyclic) bond motifs is 5. The van der Waals surface area contributed by atoms with Crippen molar-refractivity contribution in [2.24, 2.45) is 12.5 Å². The number of hydrogen-bond donors (Lipinski definition) is 0. The molecule has 0 amide bonds. The Morgan fingerprint density at radius 1 is 0.872 bits per heavy atom. The maximum atomic E-state index is 2.50. The zero-order valence-corrected chi connectivity index (χ0v) is 28.3. The minimum atomic E-state index is -1.94. The molecule has 0 spiro atoms. The summed E-state index contributed by atoms with van der Waals surface area (Å²) in [5.74, 6) is 7.99. The zero-order chi connectivity index (χ0) is 28.0. The van der Waals surface area contributed by atoms with Crippen molar-refractivity contribution < 1.29 is 4.57 Å². The molecule has 0 atom stereocenters.